The van der Waals surface area contributed by atoms with Gasteiger partial charge >= 0.3 is 0 Å². The van der Waals surface area contributed by atoms with E-state index in [-0.39, 0.29) is 5.91 Å². The number of amides is 1. The number of likely N-dealkylation sites (N-methyl/N-ethyl adjacent to an activating group) is 1. The van der Waals surface area contributed by atoms with Crippen LogP contribution in [0.4, 0.5) is 5.69 Å². The van der Waals surface area contributed by atoms with E-state index in [1.165, 1.54) is 5.56 Å². The van der Waals surface area contributed by atoms with Gasteiger partial charge in [-0.05, 0) is 44.1 Å². The Morgan fingerprint density at radius 1 is 1.22 bits per heavy atom. The van der Waals surface area contributed by atoms with E-state index >= 15 is 0 Å². The van der Waals surface area contributed by atoms with Crippen molar-refractivity contribution in [2.24, 2.45) is 0 Å². The van der Waals surface area contributed by atoms with Crippen molar-refractivity contribution in [2.45, 2.75) is 33.1 Å². The fourth-order valence-corrected chi connectivity index (χ4v) is 1.78. The average Bonchev–Trinajstić information content (AvgIpc) is 2.37. The smallest absolute Gasteiger partial charge is 0.238 e. The van der Waals surface area contributed by atoms with Crippen LogP contribution in [-0.4, -0.2) is 30.9 Å². The Morgan fingerprint density at radius 2 is 1.89 bits per heavy atom. The van der Waals surface area contributed by atoms with Crippen LogP contribution in [0.25, 0.3) is 0 Å². The van der Waals surface area contributed by atoms with Crippen molar-refractivity contribution in [3.8, 4) is 0 Å². The van der Waals surface area contributed by atoms with Crippen molar-refractivity contribution in [3.63, 3.8) is 0 Å². The van der Waals surface area contributed by atoms with Crippen molar-refractivity contribution in [3.05, 3.63) is 29.8 Å². The van der Waals surface area contributed by atoms with Crippen LogP contribution in [0, 0.1) is 0 Å². The van der Waals surface area contributed by atoms with Crippen molar-refractivity contribution in [2.75, 3.05) is 25.5 Å². The maximum absolute atomic E-state index is 11.8. The van der Waals surface area contributed by atoms with Gasteiger partial charge in [0.1, 0.15) is 0 Å². The molecular weight excluding hydrogens is 224 g/mol. The summed E-state index contributed by atoms with van der Waals surface area (Å²) < 4.78 is 0. The van der Waals surface area contributed by atoms with E-state index in [0.29, 0.717) is 6.54 Å². The molecule has 0 fully saturated rings. The molecule has 0 heterocycles. The Morgan fingerprint density at radius 3 is 2.44 bits per heavy atom. The van der Waals surface area contributed by atoms with Crippen LogP contribution in [-0.2, 0) is 11.2 Å². The molecule has 18 heavy (non-hydrogen) atoms. The van der Waals surface area contributed by atoms with Crippen LogP contribution in [0.3, 0.4) is 0 Å². The zero-order valence-corrected chi connectivity index (χ0v) is 11.7. The van der Waals surface area contributed by atoms with Gasteiger partial charge in [-0.2, -0.15) is 0 Å². The Hall–Kier alpha value is -1.35. The monoisotopic (exact) mass is 248 g/mol. The maximum atomic E-state index is 11.8. The molecule has 1 N–H and O–H groups in total. The molecule has 0 aliphatic heterocycles. The first-order valence-electron chi connectivity index (χ1n) is 6.73. The molecule has 1 aromatic rings. The summed E-state index contributed by atoms with van der Waals surface area (Å²) >= 11 is 0. The summed E-state index contributed by atoms with van der Waals surface area (Å²) in [5.74, 6) is 0.0536. The van der Waals surface area contributed by atoms with Gasteiger partial charge in [0.05, 0.1) is 6.54 Å². The van der Waals surface area contributed by atoms with Gasteiger partial charge in [0.25, 0.3) is 0 Å². The number of anilines is 1. The summed E-state index contributed by atoms with van der Waals surface area (Å²) in [5.41, 5.74) is 2.16. The number of unbranched alkanes of at least 4 members (excludes halogenated alkanes) is 1. The molecule has 1 amide bonds. The third-order valence-corrected chi connectivity index (χ3v) is 2.95. The first kappa shape index (κ1) is 14.7. The van der Waals surface area contributed by atoms with E-state index < -0.39 is 0 Å². The number of hydrogen-bond acceptors (Lipinski definition) is 2. The zero-order chi connectivity index (χ0) is 13.4. The Bertz CT molecular complexity index is 359. The van der Waals surface area contributed by atoms with Crippen LogP contribution < -0.4 is 5.32 Å². The highest BCUT2D eigenvalue weighted by atomic mass is 16.2. The molecular formula is C15H24N2O. The van der Waals surface area contributed by atoms with Crippen LogP contribution in [0.15, 0.2) is 24.3 Å². The van der Waals surface area contributed by atoms with Crippen LogP contribution >= 0.6 is 0 Å². The van der Waals surface area contributed by atoms with Gasteiger partial charge in [0.2, 0.25) is 5.91 Å². The second-order valence-electron chi connectivity index (χ2n) is 4.69. The molecule has 0 aliphatic rings. The lowest BCUT2D eigenvalue weighted by atomic mass is 10.1. The third kappa shape index (κ3) is 5.32. The Kier molecular flexibility index (Phi) is 6.44. The number of aryl methyl sites for hydroxylation is 1. The van der Waals surface area contributed by atoms with E-state index in [1.54, 1.807) is 0 Å². The molecule has 3 nitrogen and oxygen atoms in total. The first-order valence-corrected chi connectivity index (χ1v) is 6.73. The second kappa shape index (κ2) is 7.88. The zero-order valence-electron chi connectivity index (χ0n) is 11.7. The van der Waals surface area contributed by atoms with Crippen LogP contribution in [0.1, 0.15) is 32.3 Å². The maximum Gasteiger partial charge on any atom is 0.238 e. The van der Waals surface area contributed by atoms with E-state index in [4.69, 9.17) is 0 Å². The van der Waals surface area contributed by atoms with E-state index in [9.17, 15) is 4.79 Å². The lowest BCUT2D eigenvalue weighted by Gasteiger charge is -2.15. The molecule has 0 bridgehead atoms. The molecule has 0 radical (unpaired) electrons. The fraction of sp³-hybridized carbons (Fsp3) is 0.533. The minimum absolute atomic E-state index is 0.0536. The molecule has 0 aromatic heterocycles. The minimum Gasteiger partial charge on any atom is -0.325 e. The van der Waals surface area contributed by atoms with Gasteiger partial charge in [-0.1, -0.05) is 32.4 Å². The summed E-state index contributed by atoms with van der Waals surface area (Å²) in [7, 11) is 1.98. The number of benzene rings is 1. The molecule has 0 atom stereocenters. The molecule has 0 unspecified atom stereocenters. The number of carbonyl (C=O) groups is 1. The second-order valence-corrected chi connectivity index (χ2v) is 4.69. The molecule has 100 valence electrons. The van der Waals surface area contributed by atoms with Gasteiger partial charge in [-0.3, -0.25) is 9.69 Å². The summed E-state index contributed by atoms with van der Waals surface area (Å²) in [6.45, 7) is 5.70. The van der Waals surface area contributed by atoms with Crippen LogP contribution in [0.5, 0.6) is 0 Å². The lowest BCUT2D eigenvalue weighted by Crippen LogP contribution is -2.30. The van der Waals surface area contributed by atoms with Crippen molar-refractivity contribution < 1.29 is 4.79 Å². The van der Waals surface area contributed by atoms with Gasteiger partial charge in [-0.15, -0.1) is 0 Å². The van der Waals surface area contributed by atoms with Gasteiger partial charge in [0, 0.05) is 5.69 Å². The van der Waals surface area contributed by atoms with Crippen molar-refractivity contribution in [1.29, 1.82) is 0 Å². The number of rotatable bonds is 7. The van der Waals surface area contributed by atoms with Gasteiger partial charge < -0.3 is 5.32 Å². The summed E-state index contributed by atoms with van der Waals surface area (Å²) in [5, 5.41) is 2.92. The number of carbonyl (C=O) groups excluding carboxylic acids is 1. The lowest BCUT2D eigenvalue weighted by molar-refractivity contribution is -0.117. The molecule has 1 aromatic carbocycles. The first-order chi connectivity index (χ1) is 8.65. The highest BCUT2D eigenvalue weighted by Gasteiger charge is 2.06. The summed E-state index contributed by atoms with van der Waals surface area (Å²) in [6, 6.07) is 8.03. The SMILES string of the molecule is CCCCN(C)CC(=O)Nc1ccc(CC)cc1. The molecule has 0 saturated carbocycles. The summed E-state index contributed by atoms with van der Waals surface area (Å²) in [4.78, 5) is 13.8. The summed E-state index contributed by atoms with van der Waals surface area (Å²) in [6.07, 6.45) is 3.31. The predicted molar refractivity (Wildman–Crippen MR) is 76.9 cm³/mol. The molecule has 3 heteroatoms. The highest BCUT2D eigenvalue weighted by molar-refractivity contribution is 5.92. The standard InChI is InChI=1S/C15H24N2O/c1-4-6-11-17(3)12-15(18)16-14-9-7-13(5-2)8-10-14/h7-10H,4-6,11-12H2,1-3H3,(H,16,18). The predicted octanol–water partition coefficient (Wildman–Crippen LogP) is 2.92. The highest BCUT2D eigenvalue weighted by Crippen LogP contribution is 2.09. The number of nitrogens with one attached hydrogen (secondary N) is 1. The largest absolute Gasteiger partial charge is 0.325 e. The van der Waals surface area contributed by atoms with Crippen molar-refractivity contribution >= 4 is 11.6 Å². The van der Waals surface area contributed by atoms with Gasteiger partial charge in [0.15, 0.2) is 0 Å². The Labute approximate surface area is 110 Å². The quantitative estimate of drug-likeness (QED) is 0.804. The van der Waals surface area contributed by atoms with E-state index in [1.807, 2.05) is 19.2 Å². The average molecular weight is 248 g/mol. The normalized spacial score (nSPS) is 10.7. The molecule has 0 saturated heterocycles. The van der Waals surface area contributed by atoms with E-state index in [2.05, 4.69) is 36.2 Å². The molecule has 0 aliphatic carbocycles. The van der Waals surface area contributed by atoms with Crippen LogP contribution in [0.2, 0.25) is 0 Å². The third-order valence-electron chi connectivity index (χ3n) is 2.95. The van der Waals surface area contributed by atoms with Crippen molar-refractivity contribution in [1.82, 2.24) is 4.90 Å². The van der Waals surface area contributed by atoms with E-state index in [0.717, 1.165) is 31.5 Å². The minimum atomic E-state index is 0.0536. The van der Waals surface area contributed by atoms with Gasteiger partial charge in [-0.25, -0.2) is 0 Å². The fourth-order valence-electron chi connectivity index (χ4n) is 1.78. The molecule has 0 spiro atoms. The number of nitrogens with zero attached hydrogens (tertiary/aromatic N) is 1. The Balaban J connectivity index is 2.39. The molecule has 1 rings (SSSR count). The topological polar surface area (TPSA) is 32.3 Å². The number of hydrogen-bond donors (Lipinski definition) is 1.